The molecule has 4 aliphatic carbocycles. The fraction of sp³-hybridized carbons (Fsp3) is 0.667. The number of hydrogen-bond acceptors (Lipinski definition) is 4. The van der Waals surface area contributed by atoms with Gasteiger partial charge in [0, 0.05) is 12.7 Å². The summed E-state index contributed by atoms with van der Waals surface area (Å²) >= 11 is 0. The molecular weight excluding hydrogens is 344 g/mol. The van der Waals surface area contributed by atoms with E-state index in [1.54, 1.807) is 6.20 Å². The van der Waals surface area contributed by atoms with Crippen molar-refractivity contribution < 1.29 is 19.4 Å². The Morgan fingerprint density at radius 1 is 1.19 bits per heavy atom. The Morgan fingerprint density at radius 2 is 1.96 bits per heavy atom. The second kappa shape index (κ2) is 6.21. The number of nitrogens with zero attached hydrogens (tertiary/aromatic N) is 2. The molecule has 2 heterocycles. The van der Waals surface area contributed by atoms with Gasteiger partial charge in [0.15, 0.2) is 0 Å². The Bertz CT molecular complexity index is 736. The van der Waals surface area contributed by atoms with Gasteiger partial charge >= 0.3 is 12.1 Å². The minimum absolute atomic E-state index is 0.0131. The molecule has 27 heavy (non-hydrogen) atoms. The van der Waals surface area contributed by atoms with Gasteiger partial charge in [-0.25, -0.2) is 4.79 Å². The second-order valence-corrected chi connectivity index (χ2v) is 9.01. The quantitative estimate of drug-likeness (QED) is 0.879. The number of carboxylic acids is 1. The third-order valence-electron chi connectivity index (χ3n) is 7.39. The van der Waals surface area contributed by atoms with E-state index < -0.39 is 11.4 Å². The Hall–Kier alpha value is -2.11. The van der Waals surface area contributed by atoms with Gasteiger partial charge in [0.25, 0.3) is 0 Å². The molecule has 0 aromatic carbocycles. The van der Waals surface area contributed by atoms with E-state index in [1.807, 2.05) is 23.1 Å². The van der Waals surface area contributed by atoms with Crippen LogP contribution in [0.3, 0.4) is 0 Å². The molecule has 4 bridgehead atoms. The van der Waals surface area contributed by atoms with Crippen molar-refractivity contribution >= 4 is 12.1 Å². The molecule has 1 saturated heterocycles. The van der Waals surface area contributed by atoms with Gasteiger partial charge in [0.05, 0.1) is 17.2 Å². The number of likely N-dealkylation sites (tertiary alicyclic amines) is 1. The van der Waals surface area contributed by atoms with Gasteiger partial charge in [-0.1, -0.05) is 6.07 Å². The predicted octanol–water partition coefficient (Wildman–Crippen LogP) is 3.63. The minimum atomic E-state index is -0.651. The standard InChI is InChI=1S/C21H26N2O4/c24-19(25)21-10-13-8-14(11-21)18(15(9-13)12-21)27-20(26)23-7-3-5-17(23)16-4-1-2-6-22-16/h1-2,4,6,13-15,17-18H,3,5,7-12H2,(H,24,25)/t13?,14-,15?,17?,18?,21?/m0/s1. The molecule has 5 fully saturated rings. The maximum Gasteiger partial charge on any atom is 0.410 e. The van der Waals surface area contributed by atoms with E-state index in [0.29, 0.717) is 25.3 Å². The number of amides is 1. The average molecular weight is 370 g/mol. The van der Waals surface area contributed by atoms with Crippen molar-refractivity contribution in [3.63, 3.8) is 0 Å². The average Bonchev–Trinajstić information content (AvgIpc) is 3.14. The number of ether oxygens (including phenoxy) is 1. The monoisotopic (exact) mass is 370 g/mol. The molecule has 1 amide bonds. The van der Waals surface area contributed by atoms with Crippen LogP contribution in [0.5, 0.6) is 0 Å². The van der Waals surface area contributed by atoms with Crippen LogP contribution in [0.15, 0.2) is 24.4 Å². The summed E-state index contributed by atoms with van der Waals surface area (Å²) < 4.78 is 6.05. The van der Waals surface area contributed by atoms with Crippen molar-refractivity contribution in [1.29, 1.82) is 0 Å². The third-order valence-corrected chi connectivity index (χ3v) is 7.39. The highest BCUT2D eigenvalue weighted by Crippen LogP contribution is 2.61. The highest BCUT2D eigenvalue weighted by Gasteiger charge is 2.60. The van der Waals surface area contributed by atoms with Crippen LogP contribution in [0.2, 0.25) is 0 Å². The number of aliphatic carboxylic acids is 1. The summed E-state index contributed by atoms with van der Waals surface area (Å²) in [5, 5.41) is 9.76. The van der Waals surface area contributed by atoms with Crippen LogP contribution in [-0.2, 0) is 9.53 Å². The Morgan fingerprint density at radius 3 is 2.63 bits per heavy atom. The number of pyridine rings is 1. The van der Waals surface area contributed by atoms with Gasteiger partial charge in [-0.3, -0.25) is 14.7 Å². The molecular formula is C21H26N2O4. The van der Waals surface area contributed by atoms with Gasteiger partial charge < -0.3 is 9.84 Å². The van der Waals surface area contributed by atoms with E-state index in [9.17, 15) is 14.7 Å². The lowest BCUT2D eigenvalue weighted by atomic mass is 9.48. The molecule has 6 rings (SSSR count). The topological polar surface area (TPSA) is 79.7 Å². The number of rotatable bonds is 3. The van der Waals surface area contributed by atoms with Crippen LogP contribution >= 0.6 is 0 Å². The number of hydrogen-bond donors (Lipinski definition) is 1. The first-order chi connectivity index (χ1) is 13.1. The number of carbonyl (C=O) groups excluding carboxylic acids is 1. The molecule has 6 heteroatoms. The van der Waals surface area contributed by atoms with E-state index in [-0.39, 0.29) is 30.1 Å². The van der Waals surface area contributed by atoms with Gasteiger partial charge in [-0.15, -0.1) is 0 Å². The molecule has 1 N–H and O–H groups in total. The van der Waals surface area contributed by atoms with Crippen molar-refractivity contribution in [3.8, 4) is 0 Å². The highest BCUT2D eigenvalue weighted by molar-refractivity contribution is 5.75. The summed E-state index contributed by atoms with van der Waals surface area (Å²) in [5.41, 5.74) is 0.352. The molecule has 0 spiro atoms. The van der Waals surface area contributed by atoms with Crippen LogP contribution in [0.1, 0.15) is 56.7 Å². The first kappa shape index (κ1) is 17.0. The Kier molecular flexibility index (Phi) is 3.92. The maximum absolute atomic E-state index is 13.0. The van der Waals surface area contributed by atoms with Gasteiger partial charge in [0.1, 0.15) is 6.10 Å². The minimum Gasteiger partial charge on any atom is -0.481 e. The third kappa shape index (κ3) is 2.72. The van der Waals surface area contributed by atoms with Gasteiger partial charge in [-0.2, -0.15) is 0 Å². The number of carbonyl (C=O) groups is 2. The second-order valence-electron chi connectivity index (χ2n) is 9.01. The SMILES string of the molecule is O=C(OC1C2CC3C[C@H]1CC(C(=O)O)(C3)C2)N1CCCC1c1ccccn1. The molecule has 1 aromatic rings. The summed E-state index contributed by atoms with van der Waals surface area (Å²) in [6.07, 6.45) is 7.42. The Balaban J connectivity index is 1.31. The molecule has 1 aliphatic heterocycles. The number of carboxylic acid groups (broad SMARTS) is 1. The van der Waals surface area contributed by atoms with Crippen LogP contribution in [-0.4, -0.2) is 39.7 Å². The molecule has 0 radical (unpaired) electrons. The van der Waals surface area contributed by atoms with E-state index >= 15 is 0 Å². The van der Waals surface area contributed by atoms with Gasteiger partial charge in [-0.05, 0) is 74.8 Å². The lowest BCUT2D eigenvalue weighted by molar-refractivity contribution is -0.179. The summed E-state index contributed by atoms with van der Waals surface area (Å²) in [6, 6.07) is 5.79. The number of aromatic nitrogens is 1. The zero-order chi connectivity index (χ0) is 18.6. The van der Waals surface area contributed by atoms with Crippen molar-refractivity contribution in [2.45, 2.75) is 57.1 Å². The molecule has 144 valence electrons. The fourth-order valence-electron chi connectivity index (χ4n) is 6.48. The highest BCUT2D eigenvalue weighted by atomic mass is 16.6. The van der Waals surface area contributed by atoms with Crippen LogP contribution < -0.4 is 0 Å². The predicted molar refractivity (Wildman–Crippen MR) is 96.8 cm³/mol. The smallest absolute Gasteiger partial charge is 0.410 e. The summed E-state index contributed by atoms with van der Waals surface area (Å²) in [7, 11) is 0. The van der Waals surface area contributed by atoms with Gasteiger partial charge in [0.2, 0.25) is 0 Å². The lowest BCUT2D eigenvalue weighted by Gasteiger charge is -2.57. The molecule has 5 aliphatic rings. The van der Waals surface area contributed by atoms with Crippen molar-refractivity contribution in [3.05, 3.63) is 30.1 Å². The van der Waals surface area contributed by atoms with Crippen molar-refractivity contribution in [1.82, 2.24) is 9.88 Å². The van der Waals surface area contributed by atoms with E-state index in [4.69, 9.17) is 4.74 Å². The summed E-state index contributed by atoms with van der Waals surface area (Å²) in [6.45, 7) is 0.698. The molecule has 6 atom stereocenters. The summed E-state index contributed by atoms with van der Waals surface area (Å²) in [5.74, 6) is 0.238. The van der Waals surface area contributed by atoms with E-state index in [2.05, 4.69) is 4.98 Å². The van der Waals surface area contributed by atoms with E-state index in [1.165, 1.54) is 0 Å². The molecule has 4 saturated carbocycles. The zero-order valence-electron chi connectivity index (χ0n) is 15.4. The normalized spacial score (nSPS) is 39.6. The molecule has 1 aromatic heterocycles. The van der Waals surface area contributed by atoms with Crippen molar-refractivity contribution in [2.75, 3.05) is 6.54 Å². The molecule has 5 unspecified atom stereocenters. The molecule has 6 nitrogen and oxygen atoms in total. The Labute approximate surface area is 158 Å². The van der Waals surface area contributed by atoms with Crippen LogP contribution in [0, 0.1) is 23.2 Å². The summed E-state index contributed by atoms with van der Waals surface area (Å²) in [4.78, 5) is 31.1. The van der Waals surface area contributed by atoms with E-state index in [0.717, 1.165) is 37.8 Å². The van der Waals surface area contributed by atoms with Crippen LogP contribution in [0.4, 0.5) is 4.79 Å². The maximum atomic E-state index is 13.0. The largest absolute Gasteiger partial charge is 0.481 e. The first-order valence-corrected chi connectivity index (χ1v) is 10.2. The zero-order valence-corrected chi connectivity index (χ0v) is 15.4. The van der Waals surface area contributed by atoms with Crippen LogP contribution in [0.25, 0.3) is 0 Å². The lowest BCUT2D eigenvalue weighted by Crippen LogP contribution is -2.57. The first-order valence-electron chi connectivity index (χ1n) is 10.2. The van der Waals surface area contributed by atoms with Crippen molar-refractivity contribution in [2.24, 2.45) is 23.2 Å². The fourth-order valence-corrected chi connectivity index (χ4v) is 6.48.